The number of fused-ring (bicyclic) bond motifs is 1. The minimum absolute atomic E-state index is 0.0646. The second-order valence-electron chi connectivity index (χ2n) is 4.39. The van der Waals surface area contributed by atoms with Crippen LogP contribution in [0.2, 0.25) is 0 Å². The first kappa shape index (κ1) is 10.8. The van der Waals surface area contributed by atoms with E-state index in [2.05, 4.69) is 5.10 Å². The molecule has 0 aliphatic rings. The molecule has 0 N–H and O–H groups in total. The SMILES string of the molecule is Cc1cn(C)c2cc(-c3ccccc3)nn2c1=O. The summed E-state index contributed by atoms with van der Waals surface area (Å²) in [4.78, 5) is 12.0. The number of rotatable bonds is 1. The van der Waals surface area contributed by atoms with Gasteiger partial charge in [0.05, 0.1) is 5.69 Å². The molecule has 90 valence electrons. The third-order valence-electron chi connectivity index (χ3n) is 3.04. The average molecular weight is 239 g/mol. The fourth-order valence-electron chi connectivity index (χ4n) is 2.10. The molecule has 0 atom stereocenters. The lowest BCUT2D eigenvalue weighted by atomic mass is 10.2. The average Bonchev–Trinajstić information content (AvgIpc) is 2.83. The lowest BCUT2D eigenvalue weighted by Crippen LogP contribution is -2.19. The zero-order valence-corrected chi connectivity index (χ0v) is 10.3. The predicted octanol–water partition coefficient (Wildman–Crippen LogP) is 2.01. The third-order valence-corrected chi connectivity index (χ3v) is 3.04. The molecule has 1 aromatic carbocycles. The van der Waals surface area contributed by atoms with E-state index in [4.69, 9.17) is 0 Å². The van der Waals surface area contributed by atoms with Gasteiger partial charge < -0.3 is 4.57 Å². The number of hydrogen-bond acceptors (Lipinski definition) is 2. The molecule has 3 aromatic rings. The summed E-state index contributed by atoms with van der Waals surface area (Å²) in [5, 5.41) is 4.39. The van der Waals surface area contributed by atoms with E-state index in [1.165, 1.54) is 4.52 Å². The molecule has 0 aliphatic heterocycles. The van der Waals surface area contributed by atoms with Crippen LogP contribution in [0, 0.1) is 6.92 Å². The summed E-state index contributed by atoms with van der Waals surface area (Å²) in [6.07, 6.45) is 1.83. The van der Waals surface area contributed by atoms with Crippen molar-refractivity contribution in [2.45, 2.75) is 6.92 Å². The topological polar surface area (TPSA) is 39.3 Å². The van der Waals surface area contributed by atoms with Crippen molar-refractivity contribution in [3.8, 4) is 11.3 Å². The van der Waals surface area contributed by atoms with Gasteiger partial charge in [-0.3, -0.25) is 4.79 Å². The Morgan fingerprint density at radius 3 is 2.61 bits per heavy atom. The van der Waals surface area contributed by atoms with Crippen molar-refractivity contribution in [3.63, 3.8) is 0 Å². The van der Waals surface area contributed by atoms with Gasteiger partial charge in [-0.2, -0.15) is 9.61 Å². The van der Waals surface area contributed by atoms with Crippen LogP contribution in [0.15, 0.2) is 47.4 Å². The maximum absolute atomic E-state index is 12.0. The van der Waals surface area contributed by atoms with Gasteiger partial charge in [-0.05, 0) is 6.92 Å². The van der Waals surface area contributed by atoms with Crippen LogP contribution in [0.5, 0.6) is 0 Å². The molecule has 18 heavy (non-hydrogen) atoms. The van der Waals surface area contributed by atoms with Crippen LogP contribution in [0.25, 0.3) is 16.9 Å². The van der Waals surface area contributed by atoms with Gasteiger partial charge in [0.25, 0.3) is 5.56 Å². The number of benzene rings is 1. The number of aromatic nitrogens is 3. The molecule has 0 unspecified atom stereocenters. The summed E-state index contributed by atoms with van der Waals surface area (Å²) in [5.41, 5.74) is 3.24. The lowest BCUT2D eigenvalue weighted by Gasteiger charge is -2.01. The molecule has 0 aliphatic carbocycles. The van der Waals surface area contributed by atoms with Crippen molar-refractivity contribution in [1.29, 1.82) is 0 Å². The van der Waals surface area contributed by atoms with Crippen LogP contribution in [-0.4, -0.2) is 14.2 Å². The van der Waals surface area contributed by atoms with Gasteiger partial charge >= 0.3 is 0 Å². The van der Waals surface area contributed by atoms with Crippen LogP contribution in [0.4, 0.5) is 0 Å². The zero-order chi connectivity index (χ0) is 12.7. The Kier molecular flexibility index (Phi) is 2.30. The predicted molar refractivity (Wildman–Crippen MR) is 70.6 cm³/mol. The summed E-state index contributed by atoms with van der Waals surface area (Å²) >= 11 is 0. The van der Waals surface area contributed by atoms with Crippen molar-refractivity contribution < 1.29 is 0 Å². The molecular weight excluding hydrogens is 226 g/mol. The van der Waals surface area contributed by atoms with Crippen LogP contribution in [-0.2, 0) is 7.05 Å². The quantitative estimate of drug-likeness (QED) is 0.651. The summed E-state index contributed by atoms with van der Waals surface area (Å²) in [7, 11) is 1.91. The van der Waals surface area contributed by atoms with Gasteiger partial charge in [-0.25, -0.2) is 0 Å². The Morgan fingerprint density at radius 1 is 1.17 bits per heavy atom. The Bertz CT molecular complexity index is 769. The van der Waals surface area contributed by atoms with Gasteiger partial charge in [0.15, 0.2) is 0 Å². The second-order valence-corrected chi connectivity index (χ2v) is 4.39. The Hall–Kier alpha value is -2.36. The number of nitrogens with zero attached hydrogens (tertiary/aromatic N) is 3. The van der Waals surface area contributed by atoms with Crippen LogP contribution in [0.1, 0.15) is 5.56 Å². The van der Waals surface area contributed by atoms with E-state index in [9.17, 15) is 4.79 Å². The molecule has 4 nitrogen and oxygen atoms in total. The summed E-state index contributed by atoms with van der Waals surface area (Å²) in [6.45, 7) is 1.80. The fraction of sp³-hybridized carbons (Fsp3) is 0.143. The zero-order valence-electron chi connectivity index (χ0n) is 10.3. The molecule has 2 heterocycles. The largest absolute Gasteiger partial charge is 0.335 e. The van der Waals surface area contributed by atoms with E-state index >= 15 is 0 Å². The second kappa shape index (κ2) is 3.84. The van der Waals surface area contributed by atoms with E-state index in [1.54, 1.807) is 6.92 Å². The van der Waals surface area contributed by atoms with Crippen molar-refractivity contribution >= 4 is 5.65 Å². The summed E-state index contributed by atoms with van der Waals surface area (Å²) in [5.74, 6) is 0. The Morgan fingerprint density at radius 2 is 1.89 bits per heavy atom. The Balaban J connectivity index is 2.33. The molecule has 0 fully saturated rings. The first-order chi connectivity index (χ1) is 8.66. The molecule has 3 rings (SSSR count). The van der Waals surface area contributed by atoms with Gasteiger partial charge in [-0.15, -0.1) is 0 Å². The van der Waals surface area contributed by atoms with Gasteiger partial charge in [0.1, 0.15) is 5.65 Å². The van der Waals surface area contributed by atoms with E-state index in [-0.39, 0.29) is 5.56 Å². The summed E-state index contributed by atoms with van der Waals surface area (Å²) in [6, 6.07) is 11.8. The minimum atomic E-state index is -0.0646. The first-order valence-corrected chi connectivity index (χ1v) is 5.78. The molecule has 2 aromatic heterocycles. The standard InChI is InChI=1S/C14H13N3O/c1-10-9-16(2)13-8-12(15-17(13)14(10)18)11-6-4-3-5-7-11/h3-9H,1-2H3. The monoisotopic (exact) mass is 239 g/mol. The first-order valence-electron chi connectivity index (χ1n) is 5.78. The van der Waals surface area contributed by atoms with Gasteiger partial charge in [0.2, 0.25) is 0 Å². The highest BCUT2D eigenvalue weighted by atomic mass is 16.1. The van der Waals surface area contributed by atoms with Crippen molar-refractivity contribution in [3.05, 3.63) is 58.5 Å². The van der Waals surface area contributed by atoms with Gasteiger partial charge in [-0.1, -0.05) is 30.3 Å². The maximum atomic E-state index is 12.0. The molecule has 0 amide bonds. The minimum Gasteiger partial charge on any atom is -0.335 e. The molecule has 0 bridgehead atoms. The van der Waals surface area contributed by atoms with Crippen LogP contribution < -0.4 is 5.56 Å². The molecule has 4 heteroatoms. The fourth-order valence-corrected chi connectivity index (χ4v) is 2.10. The molecule has 0 radical (unpaired) electrons. The highest BCUT2D eigenvalue weighted by Crippen LogP contribution is 2.18. The molecule has 0 saturated carbocycles. The van der Waals surface area contributed by atoms with Crippen LogP contribution in [0.3, 0.4) is 0 Å². The van der Waals surface area contributed by atoms with E-state index < -0.39 is 0 Å². The summed E-state index contributed by atoms with van der Waals surface area (Å²) < 4.78 is 3.37. The highest BCUT2D eigenvalue weighted by Gasteiger charge is 2.09. The van der Waals surface area contributed by atoms with E-state index in [1.807, 2.05) is 54.2 Å². The van der Waals surface area contributed by atoms with E-state index in [0.717, 1.165) is 16.9 Å². The maximum Gasteiger partial charge on any atom is 0.277 e. The smallest absolute Gasteiger partial charge is 0.277 e. The molecular formula is C14H13N3O. The number of aryl methyl sites for hydroxylation is 2. The third kappa shape index (κ3) is 1.54. The van der Waals surface area contributed by atoms with Gasteiger partial charge in [0, 0.05) is 30.4 Å². The normalized spacial score (nSPS) is 11.0. The highest BCUT2D eigenvalue weighted by molar-refractivity contribution is 5.64. The van der Waals surface area contributed by atoms with E-state index in [0.29, 0.717) is 5.56 Å². The lowest BCUT2D eigenvalue weighted by molar-refractivity contribution is 0.812. The number of hydrogen-bond donors (Lipinski definition) is 0. The molecule has 0 saturated heterocycles. The molecule has 0 spiro atoms. The van der Waals surface area contributed by atoms with Crippen molar-refractivity contribution in [2.24, 2.45) is 7.05 Å². The Labute approximate surface area is 104 Å². The van der Waals surface area contributed by atoms with Crippen molar-refractivity contribution in [2.75, 3.05) is 0 Å². The van der Waals surface area contributed by atoms with Crippen LogP contribution >= 0.6 is 0 Å². The van der Waals surface area contributed by atoms with Crippen molar-refractivity contribution in [1.82, 2.24) is 14.2 Å².